The summed E-state index contributed by atoms with van der Waals surface area (Å²) < 4.78 is 0. The van der Waals surface area contributed by atoms with Crippen LogP contribution in [-0.4, -0.2) is 40.0 Å². The van der Waals surface area contributed by atoms with Gasteiger partial charge in [-0.25, -0.2) is 4.98 Å². The highest BCUT2D eigenvalue weighted by Gasteiger charge is 2.06. The van der Waals surface area contributed by atoms with Gasteiger partial charge in [0.2, 0.25) is 0 Å². The molecule has 0 fully saturated rings. The number of hydrogen-bond acceptors (Lipinski definition) is 5. The van der Waals surface area contributed by atoms with Gasteiger partial charge in [-0.1, -0.05) is 6.92 Å². The van der Waals surface area contributed by atoms with Crippen molar-refractivity contribution in [2.75, 3.05) is 18.9 Å². The van der Waals surface area contributed by atoms with E-state index in [1.54, 1.807) is 30.4 Å². The third-order valence-electron chi connectivity index (χ3n) is 2.16. The van der Waals surface area contributed by atoms with Crippen molar-refractivity contribution in [3.8, 4) is 0 Å². The molecule has 4 nitrogen and oxygen atoms in total. The number of nitrogens with zero attached hydrogens (tertiary/aromatic N) is 2. The molecule has 90 valence electrons. The van der Waals surface area contributed by atoms with Gasteiger partial charge in [-0.05, 0) is 19.4 Å². The van der Waals surface area contributed by atoms with Gasteiger partial charge in [0.1, 0.15) is 5.03 Å². The number of nitrogens with one attached hydrogen (secondary N) is 1. The Morgan fingerprint density at radius 2 is 2.38 bits per heavy atom. The van der Waals surface area contributed by atoms with Crippen LogP contribution in [0.2, 0.25) is 0 Å². The molecule has 1 aromatic rings. The molecule has 1 atom stereocenters. The molecule has 1 rings (SSSR count). The van der Waals surface area contributed by atoms with E-state index >= 15 is 0 Å². The zero-order valence-corrected chi connectivity index (χ0v) is 10.4. The Bertz CT molecular complexity index is 271. The van der Waals surface area contributed by atoms with Crippen molar-refractivity contribution >= 4 is 11.8 Å². The van der Waals surface area contributed by atoms with Crippen LogP contribution >= 0.6 is 11.8 Å². The van der Waals surface area contributed by atoms with Crippen LogP contribution in [0.1, 0.15) is 19.8 Å². The van der Waals surface area contributed by atoms with E-state index in [4.69, 9.17) is 5.11 Å². The minimum Gasteiger partial charge on any atom is -0.395 e. The quantitative estimate of drug-likeness (QED) is 0.672. The zero-order chi connectivity index (χ0) is 11.6. The number of aliphatic hydroxyl groups excluding tert-OH is 1. The minimum atomic E-state index is 0.195. The average molecular weight is 241 g/mol. The fourth-order valence-corrected chi connectivity index (χ4v) is 2.15. The van der Waals surface area contributed by atoms with Crippen molar-refractivity contribution in [2.24, 2.45) is 0 Å². The molecule has 0 aromatic carbocycles. The summed E-state index contributed by atoms with van der Waals surface area (Å²) in [7, 11) is 0. The summed E-state index contributed by atoms with van der Waals surface area (Å²) >= 11 is 1.67. The SMILES string of the molecule is CCCNC(CO)CCSc1cnccn1. The number of aliphatic hydroxyl groups is 1. The van der Waals surface area contributed by atoms with Gasteiger partial charge in [-0.2, -0.15) is 0 Å². The molecule has 0 radical (unpaired) electrons. The lowest BCUT2D eigenvalue weighted by atomic mass is 10.2. The summed E-state index contributed by atoms with van der Waals surface area (Å²) in [5.41, 5.74) is 0. The lowest BCUT2D eigenvalue weighted by Crippen LogP contribution is -2.33. The second-order valence-electron chi connectivity index (χ2n) is 3.51. The summed E-state index contributed by atoms with van der Waals surface area (Å²) in [6, 6.07) is 0.198. The summed E-state index contributed by atoms with van der Waals surface area (Å²) in [6.07, 6.45) is 7.16. The minimum absolute atomic E-state index is 0.195. The normalized spacial score (nSPS) is 12.6. The van der Waals surface area contributed by atoms with Crippen LogP contribution in [0.25, 0.3) is 0 Å². The fourth-order valence-electron chi connectivity index (χ4n) is 1.27. The molecule has 0 aliphatic carbocycles. The number of thioether (sulfide) groups is 1. The van der Waals surface area contributed by atoms with Crippen LogP contribution < -0.4 is 5.32 Å². The first kappa shape index (κ1) is 13.4. The van der Waals surface area contributed by atoms with Gasteiger partial charge in [-0.3, -0.25) is 4.98 Å². The predicted octanol–water partition coefficient (Wildman–Crippen LogP) is 1.32. The van der Waals surface area contributed by atoms with Crippen molar-refractivity contribution in [1.82, 2.24) is 15.3 Å². The highest BCUT2D eigenvalue weighted by molar-refractivity contribution is 7.99. The Hall–Kier alpha value is -0.650. The number of rotatable bonds is 8. The molecule has 16 heavy (non-hydrogen) atoms. The monoisotopic (exact) mass is 241 g/mol. The van der Waals surface area contributed by atoms with Crippen LogP contribution in [0.5, 0.6) is 0 Å². The van der Waals surface area contributed by atoms with Crippen molar-refractivity contribution in [1.29, 1.82) is 0 Å². The van der Waals surface area contributed by atoms with Crippen LogP contribution in [-0.2, 0) is 0 Å². The predicted molar refractivity (Wildman–Crippen MR) is 66.5 cm³/mol. The van der Waals surface area contributed by atoms with Crippen molar-refractivity contribution < 1.29 is 5.11 Å². The van der Waals surface area contributed by atoms with E-state index in [0.29, 0.717) is 0 Å². The van der Waals surface area contributed by atoms with Gasteiger partial charge < -0.3 is 10.4 Å². The Kier molecular flexibility index (Phi) is 7.12. The Balaban J connectivity index is 2.18. The molecule has 0 saturated carbocycles. The molecular weight excluding hydrogens is 222 g/mol. The second-order valence-corrected chi connectivity index (χ2v) is 4.63. The average Bonchev–Trinajstić information content (AvgIpc) is 2.35. The Morgan fingerprint density at radius 1 is 1.50 bits per heavy atom. The van der Waals surface area contributed by atoms with Crippen LogP contribution in [0.3, 0.4) is 0 Å². The molecule has 1 heterocycles. The van der Waals surface area contributed by atoms with E-state index in [-0.39, 0.29) is 12.6 Å². The van der Waals surface area contributed by atoms with E-state index in [2.05, 4.69) is 22.2 Å². The van der Waals surface area contributed by atoms with E-state index in [9.17, 15) is 0 Å². The highest BCUT2D eigenvalue weighted by Crippen LogP contribution is 2.14. The molecule has 0 amide bonds. The van der Waals surface area contributed by atoms with Gasteiger partial charge in [0, 0.05) is 24.2 Å². The van der Waals surface area contributed by atoms with Crippen molar-refractivity contribution in [2.45, 2.75) is 30.8 Å². The molecule has 0 bridgehead atoms. The third-order valence-corrected chi connectivity index (χ3v) is 3.11. The maximum Gasteiger partial charge on any atom is 0.114 e. The smallest absolute Gasteiger partial charge is 0.114 e. The summed E-state index contributed by atoms with van der Waals surface area (Å²) in [6.45, 7) is 3.28. The van der Waals surface area contributed by atoms with Crippen LogP contribution in [0.4, 0.5) is 0 Å². The first-order chi connectivity index (χ1) is 7.86. The van der Waals surface area contributed by atoms with Gasteiger partial charge in [0.05, 0.1) is 12.8 Å². The summed E-state index contributed by atoms with van der Waals surface area (Å²) in [5, 5.41) is 13.4. The number of aromatic nitrogens is 2. The molecule has 0 saturated heterocycles. The molecule has 2 N–H and O–H groups in total. The largest absolute Gasteiger partial charge is 0.395 e. The molecule has 0 aliphatic heterocycles. The molecule has 1 aromatic heterocycles. The molecule has 1 unspecified atom stereocenters. The summed E-state index contributed by atoms with van der Waals surface area (Å²) in [4.78, 5) is 8.18. The molecular formula is C11H19N3OS. The van der Waals surface area contributed by atoms with Crippen LogP contribution in [0, 0.1) is 0 Å². The standard InChI is InChI=1S/C11H19N3OS/c1-2-4-13-10(9-15)3-7-16-11-8-12-5-6-14-11/h5-6,8,10,13,15H,2-4,7,9H2,1H3. The topological polar surface area (TPSA) is 58.0 Å². The lowest BCUT2D eigenvalue weighted by molar-refractivity contribution is 0.240. The first-order valence-electron chi connectivity index (χ1n) is 5.60. The van der Waals surface area contributed by atoms with E-state index < -0.39 is 0 Å². The van der Waals surface area contributed by atoms with Gasteiger partial charge in [-0.15, -0.1) is 11.8 Å². The maximum absolute atomic E-state index is 9.15. The van der Waals surface area contributed by atoms with Gasteiger partial charge in [0.25, 0.3) is 0 Å². The lowest BCUT2D eigenvalue weighted by Gasteiger charge is -2.14. The van der Waals surface area contributed by atoms with Crippen molar-refractivity contribution in [3.63, 3.8) is 0 Å². The number of hydrogen-bond donors (Lipinski definition) is 2. The van der Waals surface area contributed by atoms with Gasteiger partial charge >= 0.3 is 0 Å². The van der Waals surface area contributed by atoms with E-state index in [0.717, 1.165) is 30.2 Å². The second kappa shape index (κ2) is 8.50. The molecule has 5 heteroatoms. The zero-order valence-electron chi connectivity index (χ0n) is 9.59. The first-order valence-corrected chi connectivity index (χ1v) is 6.58. The third kappa shape index (κ3) is 5.44. The van der Waals surface area contributed by atoms with E-state index in [1.807, 2.05) is 0 Å². The Labute approximate surface area is 101 Å². The van der Waals surface area contributed by atoms with Gasteiger partial charge in [0.15, 0.2) is 0 Å². The Morgan fingerprint density at radius 3 is 3.00 bits per heavy atom. The highest BCUT2D eigenvalue weighted by atomic mass is 32.2. The maximum atomic E-state index is 9.15. The molecule has 0 spiro atoms. The van der Waals surface area contributed by atoms with Crippen LogP contribution in [0.15, 0.2) is 23.6 Å². The van der Waals surface area contributed by atoms with Crippen molar-refractivity contribution in [3.05, 3.63) is 18.6 Å². The summed E-state index contributed by atoms with van der Waals surface area (Å²) in [5.74, 6) is 0.945. The van der Waals surface area contributed by atoms with E-state index in [1.165, 1.54) is 0 Å². The fraction of sp³-hybridized carbons (Fsp3) is 0.636. The molecule has 0 aliphatic rings.